The summed E-state index contributed by atoms with van der Waals surface area (Å²) in [7, 11) is 0. The molecule has 0 saturated carbocycles. The van der Waals surface area contributed by atoms with Crippen molar-refractivity contribution in [3.63, 3.8) is 0 Å². The van der Waals surface area contributed by atoms with Gasteiger partial charge in [0, 0.05) is 19.3 Å². The molecular formula is C6H9N. The minimum Gasteiger partial charge on any atom is -0.373 e. The fourth-order valence-corrected chi connectivity index (χ4v) is 1.29. The summed E-state index contributed by atoms with van der Waals surface area (Å²) in [6.07, 6.45) is 5.05. The van der Waals surface area contributed by atoms with E-state index < -0.39 is 0 Å². The van der Waals surface area contributed by atoms with Crippen LogP contribution in [0.25, 0.3) is 0 Å². The van der Waals surface area contributed by atoms with Gasteiger partial charge in [0.1, 0.15) is 0 Å². The lowest BCUT2D eigenvalue weighted by Crippen LogP contribution is -2.35. The normalized spacial score (nSPS) is 26.3. The zero-order valence-corrected chi connectivity index (χ0v) is 4.35. The number of hydrogen-bond acceptors (Lipinski definition) is 1. The Balaban J connectivity index is 2.21. The molecule has 3 heterocycles. The number of hydrogen-bond donors (Lipinski definition) is 0. The molecule has 1 nitrogen and oxygen atoms in total. The van der Waals surface area contributed by atoms with Gasteiger partial charge in [-0.3, -0.25) is 0 Å². The maximum atomic E-state index is 2.37. The number of nitrogens with zero attached hydrogens (tertiary/aromatic N) is 1. The van der Waals surface area contributed by atoms with E-state index in [2.05, 4.69) is 11.1 Å². The van der Waals surface area contributed by atoms with E-state index in [1.807, 2.05) is 0 Å². The Morgan fingerprint density at radius 2 is 2.43 bits per heavy atom. The quantitative estimate of drug-likeness (QED) is 0.433. The number of rotatable bonds is 0. The lowest BCUT2D eigenvalue weighted by molar-refractivity contribution is 0.302. The fourth-order valence-electron chi connectivity index (χ4n) is 1.29. The third-order valence-electron chi connectivity index (χ3n) is 1.71. The van der Waals surface area contributed by atoms with Crippen LogP contribution in [0.5, 0.6) is 0 Å². The molecule has 0 atom stereocenters. The molecule has 7 heavy (non-hydrogen) atoms. The predicted octanol–water partition coefficient (Wildman–Crippen LogP) is 0.980. The average Bonchev–Trinajstić information content (AvgIpc) is 1.67. The molecule has 0 unspecified atom stereocenters. The van der Waals surface area contributed by atoms with Crippen molar-refractivity contribution in [2.24, 2.45) is 0 Å². The van der Waals surface area contributed by atoms with Crippen LogP contribution in [0.1, 0.15) is 12.8 Å². The SMILES string of the molecule is C1=C2CCCN1C2. The van der Waals surface area contributed by atoms with E-state index in [4.69, 9.17) is 0 Å². The molecule has 1 heteroatoms. The van der Waals surface area contributed by atoms with Gasteiger partial charge in [0.15, 0.2) is 0 Å². The van der Waals surface area contributed by atoms with Crippen molar-refractivity contribution < 1.29 is 0 Å². The van der Waals surface area contributed by atoms with Gasteiger partial charge in [0.05, 0.1) is 0 Å². The third kappa shape index (κ3) is 0.379. The van der Waals surface area contributed by atoms with Gasteiger partial charge in [-0.1, -0.05) is 0 Å². The van der Waals surface area contributed by atoms with Crippen LogP contribution in [0, 0.1) is 0 Å². The minimum absolute atomic E-state index is 1.28. The summed E-state index contributed by atoms with van der Waals surface area (Å²) in [6.45, 7) is 2.59. The molecule has 0 N–H and O–H groups in total. The van der Waals surface area contributed by atoms with E-state index in [1.165, 1.54) is 25.9 Å². The molecule has 0 aromatic rings. The van der Waals surface area contributed by atoms with E-state index in [0.717, 1.165) is 0 Å². The Morgan fingerprint density at radius 1 is 1.57 bits per heavy atom. The highest BCUT2D eigenvalue weighted by Crippen LogP contribution is 2.24. The molecule has 1 fully saturated rings. The maximum absolute atomic E-state index is 2.37. The molecule has 0 aliphatic carbocycles. The Morgan fingerprint density at radius 3 is 2.57 bits per heavy atom. The lowest BCUT2D eigenvalue weighted by atomic mass is 10.0. The van der Waals surface area contributed by atoms with Gasteiger partial charge >= 0.3 is 0 Å². The highest BCUT2D eigenvalue weighted by atomic mass is 15.2. The topological polar surface area (TPSA) is 3.24 Å². The first kappa shape index (κ1) is 3.53. The van der Waals surface area contributed by atoms with Crippen LogP contribution in [0.15, 0.2) is 11.8 Å². The Bertz CT molecular complexity index is 115. The summed E-state index contributed by atoms with van der Waals surface area (Å²) in [5.74, 6) is 0. The molecule has 3 rings (SSSR count). The van der Waals surface area contributed by atoms with Gasteiger partial charge in [-0.2, -0.15) is 0 Å². The molecule has 0 radical (unpaired) electrons. The molecule has 1 saturated heterocycles. The third-order valence-corrected chi connectivity index (χ3v) is 1.71. The summed E-state index contributed by atoms with van der Waals surface area (Å²) >= 11 is 0. The Labute approximate surface area is 43.6 Å². The molecule has 0 aromatic heterocycles. The fraction of sp³-hybridized carbons (Fsp3) is 0.667. The first-order chi connectivity index (χ1) is 3.45. The number of piperidine rings is 1. The van der Waals surface area contributed by atoms with Crippen molar-refractivity contribution in [2.75, 3.05) is 13.1 Å². The molecule has 3 aliphatic rings. The summed E-state index contributed by atoms with van der Waals surface area (Å²) in [5.41, 5.74) is 1.66. The van der Waals surface area contributed by atoms with Crippen molar-refractivity contribution in [1.29, 1.82) is 0 Å². The molecular weight excluding hydrogens is 86.1 g/mol. The molecule has 0 spiro atoms. The second-order valence-electron chi connectivity index (χ2n) is 2.36. The zero-order chi connectivity index (χ0) is 4.69. The highest BCUT2D eigenvalue weighted by Gasteiger charge is 2.18. The van der Waals surface area contributed by atoms with Crippen molar-refractivity contribution in [2.45, 2.75) is 12.8 Å². The smallest absolute Gasteiger partial charge is 0.0400 e. The van der Waals surface area contributed by atoms with Gasteiger partial charge in [0.2, 0.25) is 0 Å². The van der Waals surface area contributed by atoms with Crippen LogP contribution >= 0.6 is 0 Å². The Hall–Kier alpha value is -0.460. The van der Waals surface area contributed by atoms with E-state index in [-0.39, 0.29) is 0 Å². The van der Waals surface area contributed by atoms with Crippen LogP contribution in [-0.2, 0) is 0 Å². The predicted molar refractivity (Wildman–Crippen MR) is 28.9 cm³/mol. The summed E-state index contributed by atoms with van der Waals surface area (Å²) in [4.78, 5) is 2.37. The molecule has 38 valence electrons. The van der Waals surface area contributed by atoms with E-state index >= 15 is 0 Å². The second kappa shape index (κ2) is 1.03. The van der Waals surface area contributed by atoms with Crippen molar-refractivity contribution in [3.8, 4) is 0 Å². The highest BCUT2D eigenvalue weighted by molar-refractivity contribution is 5.17. The largest absolute Gasteiger partial charge is 0.373 e. The Kier molecular flexibility index (Phi) is 0.518. The molecule has 2 bridgehead atoms. The summed E-state index contributed by atoms with van der Waals surface area (Å²) in [5, 5.41) is 0. The van der Waals surface area contributed by atoms with Crippen LogP contribution in [0.3, 0.4) is 0 Å². The van der Waals surface area contributed by atoms with Gasteiger partial charge < -0.3 is 4.90 Å². The second-order valence-corrected chi connectivity index (χ2v) is 2.36. The summed E-state index contributed by atoms with van der Waals surface area (Å²) in [6, 6.07) is 0. The van der Waals surface area contributed by atoms with Crippen molar-refractivity contribution in [1.82, 2.24) is 4.90 Å². The average molecular weight is 95.1 g/mol. The van der Waals surface area contributed by atoms with Crippen LogP contribution in [-0.4, -0.2) is 18.0 Å². The van der Waals surface area contributed by atoms with Crippen molar-refractivity contribution in [3.05, 3.63) is 11.8 Å². The minimum atomic E-state index is 1.28. The first-order valence-electron chi connectivity index (χ1n) is 2.89. The number of fused-ring (bicyclic) bond motifs is 2. The van der Waals surface area contributed by atoms with Crippen LogP contribution in [0.2, 0.25) is 0 Å². The monoisotopic (exact) mass is 95.1 g/mol. The first-order valence-corrected chi connectivity index (χ1v) is 2.89. The van der Waals surface area contributed by atoms with Gasteiger partial charge in [-0.25, -0.2) is 0 Å². The van der Waals surface area contributed by atoms with Crippen molar-refractivity contribution >= 4 is 0 Å². The summed E-state index contributed by atoms with van der Waals surface area (Å²) < 4.78 is 0. The molecule has 0 aromatic carbocycles. The molecule has 0 amide bonds. The van der Waals surface area contributed by atoms with E-state index in [9.17, 15) is 0 Å². The van der Waals surface area contributed by atoms with Crippen LogP contribution in [0.4, 0.5) is 0 Å². The van der Waals surface area contributed by atoms with Gasteiger partial charge in [0.25, 0.3) is 0 Å². The standard InChI is InChI=1S/C6H9N/c1-2-6-4-7(3-1)5-6/h4H,1-3,5H2. The van der Waals surface area contributed by atoms with Gasteiger partial charge in [-0.05, 0) is 18.4 Å². The molecule has 3 aliphatic heterocycles. The van der Waals surface area contributed by atoms with Crippen LogP contribution < -0.4 is 0 Å². The van der Waals surface area contributed by atoms with Gasteiger partial charge in [-0.15, -0.1) is 0 Å². The van der Waals surface area contributed by atoms with E-state index in [0.29, 0.717) is 0 Å². The zero-order valence-electron chi connectivity index (χ0n) is 4.35. The lowest BCUT2D eigenvalue weighted by Gasteiger charge is -2.36. The van der Waals surface area contributed by atoms with E-state index in [1.54, 1.807) is 5.57 Å². The maximum Gasteiger partial charge on any atom is 0.0400 e.